The Hall–Kier alpha value is -2.03. The molecule has 0 amide bonds. The molecule has 30 heavy (non-hydrogen) atoms. The van der Waals surface area contributed by atoms with Crippen molar-refractivity contribution in [3.05, 3.63) is 54.2 Å². The molecule has 0 aliphatic carbocycles. The number of ether oxygens (including phenoxy) is 1. The van der Waals surface area contributed by atoms with Crippen LogP contribution in [0, 0.1) is 0 Å². The topological polar surface area (TPSA) is 61.8 Å². The van der Waals surface area contributed by atoms with Crippen molar-refractivity contribution in [3.8, 4) is 5.75 Å². The zero-order chi connectivity index (χ0) is 20.2. The van der Waals surface area contributed by atoms with Gasteiger partial charge in [0, 0.05) is 32.4 Å². The van der Waals surface area contributed by atoms with Gasteiger partial charge in [0.1, 0.15) is 11.6 Å². The average Bonchev–Trinajstić information content (AvgIpc) is 2.78. The average molecular weight is 523 g/mol. The fraction of sp³-hybridized carbons (Fsp3) is 0.478. The first-order valence-electron chi connectivity index (χ1n) is 10.7. The van der Waals surface area contributed by atoms with Crippen LogP contribution in [0.5, 0.6) is 5.75 Å². The summed E-state index contributed by atoms with van der Waals surface area (Å²) in [7, 11) is 0. The summed E-state index contributed by atoms with van der Waals surface area (Å²) in [5.41, 5.74) is 1.19. The van der Waals surface area contributed by atoms with E-state index in [9.17, 15) is 0 Å². The van der Waals surface area contributed by atoms with E-state index in [0.717, 1.165) is 50.1 Å². The van der Waals surface area contributed by atoms with E-state index in [1.54, 1.807) is 0 Å². The highest BCUT2D eigenvalue weighted by Gasteiger charge is 2.12. The van der Waals surface area contributed by atoms with Crippen LogP contribution in [0.4, 0.5) is 5.82 Å². The first kappa shape index (κ1) is 24.2. The molecular formula is C23H34IN5O. The van der Waals surface area contributed by atoms with Crippen LogP contribution < -0.4 is 20.3 Å². The normalized spacial score (nSPS) is 14.0. The van der Waals surface area contributed by atoms with Gasteiger partial charge in [0.05, 0.1) is 13.2 Å². The minimum Gasteiger partial charge on any atom is -0.494 e. The number of rotatable bonds is 9. The molecule has 164 valence electrons. The largest absolute Gasteiger partial charge is 0.494 e. The Morgan fingerprint density at radius 1 is 1.10 bits per heavy atom. The number of aromatic nitrogens is 1. The second kappa shape index (κ2) is 14.1. The minimum atomic E-state index is 0. The number of para-hydroxylation sites is 1. The molecule has 0 bridgehead atoms. The van der Waals surface area contributed by atoms with Gasteiger partial charge in [0.25, 0.3) is 0 Å². The molecule has 1 saturated heterocycles. The van der Waals surface area contributed by atoms with E-state index in [2.05, 4.69) is 33.5 Å². The fourth-order valence-corrected chi connectivity index (χ4v) is 3.35. The van der Waals surface area contributed by atoms with Crippen molar-refractivity contribution < 1.29 is 4.74 Å². The molecule has 1 aromatic heterocycles. The van der Waals surface area contributed by atoms with Crippen molar-refractivity contribution in [2.45, 2.75) is 39.2 Å². The van der Waals surface area contributed by atoms with Crippen LogP contribution in [0.1, 0.15) is 38.2 Å². The van der Waals surface area contributed by atoms with Gasteiger partial charge in [-0.05, 0) is 62.4 Å². The van der Waals surface area contributed by atoms with Crippen molar-refractivity contribution in [2.75, 3.05) is 37.7 Å². The number of piperidine rings is 1. The lowest BCUT2D eigenvalue weighted by molar-refractivity contribution is 0.311. The number of aliphatic imine (C=N–C) groups is 1. The van der Waals surface area contributed by atoms with E-state index in [1.807, 2.05) is 42.6 Å². The highest BCUT2D eigenvalue weighted by atomic mass is 127. The van der Waals surface area contributed by atoms with Crippen LogP contribution in [0.3, 0.4) is 0 Å². The molecule has 3 rings (SSSR count). The molecule has 0 atom stereocenters. The molecule has 1 aliphatic rings. The van der Waals surface area contributed by atoms with Gasteiger partial charge >= 0.3 is 0 Å². The highest BCUT2D eigenvalue weighted by Crippen LogP contribution is 2.18. The van der Waals surface area contributed by atoms with Crippen LogP contribution >= 0.6 is 24.0 Å². The van der Waals surface area contributed by atoms with E-state index in [1.165, 1.54) is 24.8 Å². The number of nitrogens with zero attached hydrogens (tertiary/aromatic N) is 3. The minimum absolute atomic E-state index is 0. The number of halogens is 1. The van der Waals surface area contributed by atoms with Gasteiger partial charge in [-0.3, -0.25) is 0 Å². The number of hydrogen-bond acceptors (Lipinski definition) is 4. The zero-order valence-electron chi connectivity index (χ0n) is 17.8. The summed E-state index contributed by atoms with van der Waals surface area (Å²) in [4.78, 5) is 11.7. The Balaban J connectivity index is 0.00000320. The summed E-state index contributed by atoms with van der Waals surface area (Å²) >= 11 is 0. The number of anilines is 1. The van der Waals surface area contributed by atoms with Gasteiger partial charge in [-0.2, -0.15) is 0 Å². The summed E-state index contributed by atoms with van der Waals surface area (Å²) in [6, 6.07) is 14.1. The van der Waals surface area contributed by atoms with Crippen LogP contribution in [0.15, 0.2) is 53.7 Å². The van der Waals surface area contributed by atoms with Crippen molar-refractivity contribution in [2.24, 2.45) is 4.99 Å². The molecule has 0 radical (unpaired) electrons. The van der Waals surface area contributed by atoms with Crippen molar-refractivity contribution >= 4 is 35.8 Å². The zero-order valence-corrected chi connectivity index (χ0v) is 20.2. The van der Waals surface area contributed by atoms with Gasteiger partial charge in [0.2, 0.25) is 0 Å². The third kappa shape index (κ3) is 8.38. The van der Waals surface area contributed by atoms with E-state index in [-0.39, 0.29) is 24.0 Å². The summed E-state index contributed by atoms with van der Waals surface area (Å²) in [5, 5.41) is 6.70. The first-order valence-corrected chi connectivity index (χ1v) is 10.7. The molecule has 2 heterocycles. The van der Waals surface area contributed by atoms with Crippen LogP contribution in [0.25, 0.3) is 0 Å². The quantitative estimate of drug-likeness (QED) is 0.223. The lowest BCUT2D eigenvalue weighted by Crippen LogP contribution is -2.38. The molecule has 1 fully saturated rings. The van der Waals surface area contributed by atoms with Crippen LogP contribution in [-0.2, 0) is 6.54 Å². The summed E-state index contributed by atoms with van der Waals surface area (Å²) in [6.45, 7) is 7.26. The van der Waals surface area contributed by atoms with Crippen LogP contribution in [-0.4, -0.2) is 43.7 Å². The molecule has 0 spiro atoms. The number of pyridine rings is 1. The van der Waals surface area contributed by atoms with Gasteiger partial charge in [-0.25, -0.2) is 9.98 Å². The maximum absolute atomic E-state index is 5.74. The molecule has 0 unspecified atom stereocenters. The smallest absolute Gasteiger partial charge is 0.191 e. The first-order chi connectivity index (χ1) is 14.3. The maximum atomic E-state index is 5.74. The van der Waals surface area contributed by atoms with Gasteiger partial charge < -0.3 is 20.3 Å². The van der Waals surface area contributed by atoms with Gasteiger partial charge in [-0.1, -0.05) is 18.2 Å². The fourth-order valence-electron chi connectivity index (χ4n) is 3.35. The van der Waals surface area contributed by atoms with E-state index >= 15 is 0 Å². The maximum Gasteiger partial charge on any atom is 0.191 e. The number of benzene rings is 1. The molecular weight excluding hydrogens is 489 g/mol. The Kier molecular flexibility index (Phi) is 11.4. The van der Waals surface area contributed by atoms with E-state index < -0.39 is 0 Å². The molecule has 7 heteroatoms. The predicted molar refractivity (Wildman–Crippen MR) is 135 cm³/mol. The van der Waals surface area contributed by atoms with E-state index in [0.29, 0.717) is 13.2 Å². The Morgan fingerprint density at radius 3 is 2.67 bits per heavy atom. The number of nitrogens with one attached hydrogen (secondary N) is 2. The van der Waals surface area contributed by atoms with Gasteiger partial charge in [0.15, 0.2) is 5.96 Å². The lowest BCUT2D eigenvalue weighted by Gasteiger charge is -2.27. The number of hydrogen-bond donors (Lipinski definition) is 2. The predicted octanol–water partition coefficient (Wildman–Crippen LogP) is 4.21. The summed E-state index contributed by atoms with van der Waals surface area (Å²) in [5.74, 6) is 2.83. The lowest BCUT2D eigenvalue weighted by atomic mass is 10.1. The molecule has 0 saturated carbocycles. The second-order valence-electron chi connectivity index (χ2n) is 7.21. The van der Waals surface area contributed by atoms with Crippen molar-refractivity contribution in [1.29, 1.82) is 0 Å². The SMILES string of the molecule is CCNC(=NCc1ccnc(N2CCCCC2)c1)NCCCOc1ccccc1.I. The Morgan fingerprint density at radius 2 is 1.90 bits per heavy atom. The molecule has 6 nitrogen and oxygen atoms in total. The molecule has 2 aromatic rings. The molecule has 1 aliphatic heterocycles. The monoisotopic (exact) mass is 523 g/mol. The molecule has 2 N–H and O–H groups in total. The van der Waals surface area contributed by atoms with Crippen molar-refractivity contribution in [3.63, 3.8) is 0 Å². The third-order valence-electron chi connectivity index (χ3n) is 4.88. The second-order valence-corrected chi connectivity index (χ2v) is 7.21. The highest BCUT2D eigenvalue weighted by molar-refractivity contribution is 14.0. The van der Waals surface area contributed by atoms with E-state index in [4.69, 9.17) is 9.73 Å². The van der Waals surface area contributed by atoms with Crippen LogP contribution in [0.2, 0.25) is 0 Å². The standard InChI is InChI=1S/C23H33N5O.HI/c1-2-24-23(26-13-9-17-29-21-10-5-3-6-11-21)27-19-20-12-14-25-22(18-20)28-15-7-4-8-16-28;/h3,5-6,10-12,14,18H,2,4,7-9,13,15-17,19H2,1H3,(H2,24,26,27);1H. The van der Waals surface area contributed by atoms with Gasteiger partial charge in [-0.15, -0.1) is 24.0 Å². The summed E-state index contributed by atoms with van der Waals surface area (Å²) in [6.07, 6.45) is 6.65. The Bertz CT molecular complexity index is 750. The summed E-state index contributed by atoms with van der Waals surface area (Å²) < 4.78 is 5.74. The third-order valence-corrected chi connectivity index (χ3v) is 4.88. The number of guanidine groups is 1. The molecule has 1 aromatic carbocycles. The Labute approximate surface area is 197 Å². The van der Waals surface area contributed by atoms with Crippen molar-refractivity contribution in [1.82, 2.24) is 15.6 Å².